The fourth-order valence-electron chi connectivity index (χ4n) is 3.95. The van der Waals surface area contributed by atoms with Crippen LogP contribution in [0.25, 0.3) is 0 Å². The summed E-state index contributed by atoms with van der Waals surface area (Å²) in [7, 11) is 0. The van der Waals surface area contributed by atoms with Gasteiger partial charge in [-0.15, -0.1) is 0 Å². The lowest BCUT2D eigenvalue weighted by Crippen LogP contribution is -2.46. The second kappa shape index (κ2) is 9.09. The lowest BCUT2D eigenvalue weighted by atomic mass is 10.1. The summed E-state index contributed by atoms with van der Waals surface area (Å²) in [6.07, 6.45) is 1.77. The zero-order chi connectivity index (χ0) is 20.1. The van der Waals surface area contributed by atoms with Gasteiger partial charge in [0.2, 0.25) is 0 Å². The second-order valence-electron chi connectivity index (χ2n) is 7.51. The van der Waals surface area contributed by atoms with Crippen molar-refractivity contribution in [1.29, 1.82) is 0 Å². The van der Waals surface area contributed by atoms with Crippen molar-refractivity contribution in [3.05, 3.63) is 60.2 Å². The molecule has 2 heterocycles. The van der Waals surface area contributed by atoms with Crippen LogP contribution < -0.4 is 9.64 Å². The van der Waals surface area contributed by atoms with E-state index in [1.807, 2.05) is 12.1 Å². The monoisotopic (exact) mass is 393 g/mol. The van der Waals surface area contributed by atoms with Gasteiger partial charge in [-0.2, -0.15) is 0 Å². The predicted octanol–water partition coefficient (Wildman–Crippen LogP) is 2.65. The van der Waals surface area contributed by atoms with E-state index in [0.717, 1.165) is 45.6 Å². The maximum absolute atomic E-state index is 12.7. The molecule has 2 aliphatic heterocycles. The molecule has 2 aromatic carbocycles. The van der Waals surface area contributed by atoms with Gasteiger partial charge in [-0.25, -0.2) is 0 Å². The highest BCUT2D eigenvalue weighted by atomic mass is 16.5. The molecule has 6 nitrogen and oxygen atoms in total. The van der Waals surface area contributed by atoms with Gasteiger partial charge in [0, 0.05) is 38.4 Å². The molecule has 2 aromatic rings. The van der Waals surface area contributed by atoms with Crippen molar-refractivity contribution in [1.82, 2.24) is 9.80 Å². The molecular formula is C23H27N3O3. The van der Waals surface area contributed by atoms with Crippen molar-refractivity contribution in [2.45, 2.75) is 12.8 Å². The van der Waals surface area contributed by atoms with Crippen LogP contribution in [0.3, 0.4) is 0 Å². The topological polar surface area (TPSA) is 53.1 Å². The molecule has 0 aliphatic carbocycles. The Balaban J connectivity index is 1.23. The molecule has 29 heavy (non-hydrogen) atoms. The summed E-state index contributed by atoms with van der Waals surface area (Å²) in [6, 6.07) is 17.6. The Hall–Kier alpha value is -2.86. The molecule has 0 unspecified atom stereocenters. The van der Waals surface area contributed by atoms with E-state index in [1.54, 1.807) is 18.2 Å². The first kappa shape index (κ1) is 19.5. The Morgan fingerprint density at radius 2 is 1.48 bits per heavy atom. The van der Waals surface area contributed by atoms with E-state index in [2.05, 4.69) is 34.1 Å². The number of anilines is 1. The Bertz CT molecular complexity index is 847. The second-order valence-corrected chi connectivity index (χ2v) is 7.51. The molecule has 0 bridgehead atoms. The molecule has 0 saturated carbocycles. The number of ether oxygens (including phenoxy) is 1. The number of para-hydroxylation sites is 2. The van der Waals surface area contributed by atoms with Crippen LogP contribution in [0.15, 0.2) is 54.6 Å². The summed E-state index contributed by atoms with van der Waals surface area (Å²) in [5, 5.41) is 0. The van der Waals surface area contributed by atoms with E-state index in [1.165, 1.54) is 10.6 Å². The predicted molar refractivity (Wildman–Crippen MR) is 112 cm³/mol. The molecule has 6 heteroatoms. The first-order valence-corrected chi connectivity index (χ1v) is 10.3. The van der Waals surface area contributed by atoms with E-state index in [-0.39, 0.29) is 18.4 Å². The molecule has 1 fully saturated rings. The van der Waals surface area contributed by atoms with Crippen LogP contribution in [0.2, 0.25) is 0 Å². The van der Waals surface area contributed by atoms with E-state index in [0.29, 0.717) is 17.9 Å². The first-order chi connectivity index (χ1) is 14.2. The largest absolute Gasteiger partial charge is 0.483 e. The van der Waals surface area contributed by atoms with Gasteiger partial charge in [0.1, 0.15) is 5.75 Å². The van der Waals surface area contributed by atoms with Crippen LogP contribution in [0.5, 0.6) is 5.75 Å². The zero-order valence-electron chi connectivity index (χ0n) is 16.6. The van der Waals surface area contributed by atoms with Gasteiger partial charge in [-0.1, -0.05) is 30.3 Å². The van der Waals surface area contributed by atoms with Crippen LogP contribution in [0.4, 0.5) is 5.69 Å². The highest BCUT2D eigenvalue weighted by molar-refractivity contribution is 6.07. The number of unbranched alkanes of at least 4 members (excludes halogenated alkanes) is 1. The van der Waals surface area contributed by atoms with Crippen molar-refractivity contribution in [3.63, 3.8) is 0 Å². The first-order valence-electron chi connectivity index (χ1n) is 10.3. The third-order valence-electron chi connectivity index (χ3n) is 5.61. The maximum Gasteiger partial charge on any atom is 0.267 e. The summed E-state index contributed by atoms with van der Waals surface area (Å²) < 4.78 is 5.48. The highest BCUT2D eigenvalue weighted by Gasteiger charge is 2.28. The number of rotatable bonds is 6. The number of fused-ring (bicyclic) bond motifs is 1. The quantitative estimate of drug-likeness (QED) is 0.558. The van der Waals surface area contributed by atoms with E-state index >= 15 is 0 Å². The van der Waals surface area contributed by atoms with Gasteiger partial charge in [0.05, 0.1) is 5.56 Å². The number of benzene rings is 2. The molecule has 2 aliphatic rings. The normalized spacial score (nSPS) is 17.7. The lowest BCUT2D eigenvalue weighted by Gasteiger charge is -2.36. The van der Waals surface area contributed by atoms with Gasteiger partial charge in [0.25, 0.3) is 11.8 Å². The van der Waals surface area contributed by atoms with Crippen LogP contribution in [-0.2, 0) is 4.79 Å². The summed E-state index contributed by atoms with van der Waals surface area (Å²) in [4.78, 5) is 31.3. The van der Waals surface area contributed by atoms with Crippen molar-refractivity contribution in [2.24, 2.45) is 0 Å². The molecular weight excluding hydrogens is 366 g/mol. The summed E-state index contributed by atoms with van der Waals surface area (Å²) in [6.45, 7) is 5.49. The van der Waals surface area contributed by atoms with Gasteiger partial charge < -0.3 is 9.64 Å². The fraction of sp³-hybridized carbons (Fsp3) is 0.391. The average Bonchev–Trinajstić information content (AvgIpc) is 2.89. The number of imide groups is 1. The molecule has 0 aromatic heterocycles. The van der Waals surface area contributed by atoms with Crippen molar-refractivity contribution in [3.8, 4) is 5.75 Å². The number of amides is 2. The zero-order valence-corrected chi connectivity index (χ0v) is 16.6. The lowest BCUT2D eigenvalue weighted by molar-refractivity contribution is -0.130. The summed E-state index contributed by atoms with van der Waals surface area (Å²) >= 11 is 0. The molecule has 0 atom stereocenters. The number of piperazine rings is 1. The SMILES string of the molecule is O=C1COc2ccccc2C(=O)N1CCCCN1CCN(c2ccccc2)CC1. The standard InChI is InChI=1S/C23H27N3O3/c27-22-18-29-21-11-5-4-10-20(21)23(28)26(22)13-7-6-12-24-14-16-25(17-15-24)19-8-2-1-3-9-19/h1-5,8-11H,6-7,12-18H2. The molecule has 0 radical (unpaired) electrons. The molecule has 4 rings (SSSR count). The smallest absolute Gasteiger partial charge is 0.267 e. The van der Waals surface area contributed by atoms with Gasteiger partial charge in [-0.05, 0) is 43.7 Å². The Kier molecular flexibility index (Phi) is 6.10. The van der Waals surface area contributed by atoms with Gasteiger partial charge in [-0.3, -0.25) is 19.4 Å². The van der Waals surface area contributed by atoms with Gasteiger partial charge >= 0.3 is 0 Å². The minimum atomic E-state index is -0.261. The number of carbonyl (C=O) groups excluding carboxylic acids is 2. The van der Waals surface area contributed by atoms with Crippen LogP contribution in [-0.4, -0.2) is 67.5 Å². The van der Waals surface area contributed by atoms with E-state index < -0.39 is 0 Å². The number of hydrogen-bond acceptors (Lipinski definition) is 5. The number of nitrogens with zero attached hydrogens (tertiary/aromatic N) is 3. The molecule has 152 valence electrons. The van der Waals surface area contributed by atoms with Crippen LogP contribution >= 0.6 is 0 Å². The Labute approximate surface area is 171 Å². The van der Waals surface area contributed by atoms with E-state index in [9.17, 15) is 9.59 Å². The van der Waals surface area contributed by atoms with Crippen LogP contribution in [0, 0.1) is 0 Å². The molecule has 0 N–H and O–H groups in total. The highest BCUT2D eigenvalue weighted by Crippen LogP contribution is 2.23. The van der Waals surface area contributed by atoms with Crippen molar-refractivity contribution < 1.29 is 14.3 Å². The molecule has 2 amide bonds. The maximum atomic E-state index is 12.7. The minimum absolute atomic E-state index is 0.0792. The Morgan fingerprint density at radius 1 is 0.793 bits per heavy atom. The van der Waals surface area contributed by atoms with Crippen molar-refractivity contribution >= 4 is 17.5 Å². The third-order valence-corrected chi connectivity index (χ3v) is 5.61. The molecule has 0 spiro atoms. The van der Waals surface area contributed by atoms with Crippen molar-refractivity contribution in [2.75, 3.05) is 50.8 Å². The summed E-state index contributed by atoms with van der Waals surface area (Å²) in [5.41, 5.74) is 1.75. The minimum Gasteiger partial charge on any atom is -0.483 e. The number of carbonyl (C=O) groups is 2. The fourth-order valence-corrected chi connectivity index (χ4v) is 3.95. The average molecular weight is 393 g/mol. The third kappa shape index (κ3) is 4.59. The van der Waals surface area contributed by atoms with Crippen LogP contribution in [0.1, 0.15) is 23.2 Å². The summed E-state index contributed by atoms with van der Waals surface area (Å²) in [5.74, 6) is -0.0214. The Morgan fingerprint density at radius 3 is 2.28 bits per heavy atom. The number of hydrogen-bond donors (Lipinski definition) is 0. The van der Waals surface area contributed by atoms with E-state index in [4.69, 9.17) is 4.74 Å². The van der Waals surface area contributed by atoms with Gasteiger partial charge in [0.15, 0.2) is 6.61 Å². The molecule has 1 saturated heterocycles.